The number of fused-ring (bicyclic) bond motifs is 5. The average Bonchev–Trinajstić information content (AvgIpc) is 2.86. The van der Waals surface area contributed by atoms with Crippen LogP contribution in [-0.2, 0) is 0 Å². The van der Waals surface area contributed by atoms with Crippen molar-refractivity contribution in [1.82, 2.24) is 15.0 Å². The van der Waals surface area contributed by atoms with Crippen LogP contribution in [0, 0.1) is 0 Å². The lowest BCUT2D eigenvalue weighted by atomic mass is 10.0. The number of hydrogen-bond donors (Lipinski definition) is 1. The van der Waals surface area contributed by atoms with Crippen LogP contribution in [-0.4, -0.2) is 15.0 Å². The zero-order valence-electron chi connectivity index (χ0n) is 9.01. The molecule has 0 aliphatic carbocycles. The Morgan fingerprint density at radius 2 is 1.53 bits per heavy atom. The van der Waals surface area contributed by atoms with Crippen molar-refractivity contribution in [3.05, 3.63) is 49.2 Å². The fourth-order valence-corrected chi connectivity index (χ4v) is 2.40. The maximum absolute atomic E-state index is 4.21. The zero-order chi connectivity index (χ0) is 11.2. The highest BCUT2D eigenvalue weighted by Crippen LogP contribution is 2.29. The standard InChI is InChI=1S/C14H9N3/c1-4-12-11(13-7-15-5-9(1)13)3-2-10-6-16-8-17-14(10)12/h1-8H,(H,16,17). The molecule has 0 fully saturated rings. The van der Waals surface area contributed by atoms with E-state index in [4.69, 9.17) is 0 Å². The molecule has 2 heterocycles. The van der Waals surface area contributed by atoms with E-state index in [2.05, 4.69) is 39.2 Å². The fraction of sp³-hybridized carbons (Fsp3) is 0. The number of nitrogens with one attached hydrogen (secondary N) is 1. The third kappa shape index (κ3) is 1.11. The van der Waals surface area contributed by atoms with E-state index >= 15 is 0 Å². The molecule has 0 amide bonds. The average molecular weight is 219 g/mol. The molecule has 0 unspecified atom stereocenters. The van der Waals surface area contributed by atoms with E-state index in [9.17, 15) is 0 Å². The van der Waals surface area contributed by atoms with E-state index in [-0.39, 0.29) is 0 Å². The predicted molar refractivity (Wildman–Crippen MR) is 68.9 cm³/mol. The second kappa shape index (κ2) is 3.04. The first-order valence-electron chi connectivity index (χ1n) is 5.51. The van der Waals surface area contributed by atoms with Crippen LogP contribution in [0.2, 0.25) is 0 Å². The summed E-state index contributed by atoms with van der Waals surface area (Å²) in [4.78, 5) is 11.5. The molecule has 2 aromatic heterocycles. The van der Waals surface area contributed by atoms with Crippen LogP contribution in [0.5, 0.6) is 0 Å². The van der Waals surface area contributed by atoms with Gasteiger partial charge in [0.15, 0.2) is 0 Å². The number of rotatable bonds is 0. The number of aromatic nitrogens is 3. The van der Waals surface area contributed by atoms with Crippen LogP contribution in [0.25, 0.3) is 32.4 Å². The van der Waals surface area contributed by atoms with Gasteiger partial charge in [-0.3, -0.25) is 4.98 Å². The first-order valence-corrected chi connectivity index (χ1v) is 5.51. The maximum Gasteiger partial charge on any atom is 0.0923 e. The van der Waals surface area contributed by atoms with Gasteiger partial charge in [-0.25, -0.2) is 4.98 Å². The number of aromatic amines is 1. The summed E-state index contributed by atoms with van der Waals surface area (Å²) in [6, 6.07) is 8.47. The highest BCUT2D eigenvalue weighted by molar-refractivity contribution is 6.15. The van der Waals surface area contributed by atoms with Crippen molar-refractivity contribution in [3.8, 4) is 0 Å². The minimum Gasteiger partial charge on any atom is -0.345 e. The predicted octanol–water partition coefficient (Wildman–Crippen LogP) is 3.26. The third-order valence-electron chi connectivity index (χ3n) is 3.22. The lowest BCUT2D eigenvalue weighted by Crippen LogP contribution is -1.83. The first-order chi connectivity index (χ1) is 8.43. The summed E-state index contributed by atoms with van der Waals surface area (Å²) in [6.07, 6.45) is 7.41. The van der Waals surface area contributed by atoms with Gasteiger partial charge in [-0.2, -0.15) is 0 Å². The highest BCUT2D eigenvalue weighted by Gasteiger charge is 2.05. The smallest absolute Gasteiger partial charge is 0.0923 e. The molecule has 3 heteroatoms. The van der Waals surface area contributed by atoms with E-state index in [1.807, 2.05) is 18.6 Å². The molecule has 0 bridgehead atoms. The van der Waals surface area contributed by atoms with Crippen molar-refractivity contribution in [3.63, 3.8) is 0 Å². The molecule has 0 atom stereocenters. The topological polar surface area (TPSA) is 41.6 Å². The molecule has 2 aromatic carbocycles. The van der Waals surface area contributed by atoms with Crippen LogP contribution in [0.15, 0.2) is 49.2 Å². The summed E-state index contributed by atoms with van der Waals surface area (Å²) in [5.74, 6) is 0. The summed E-state index contributed by atoms with van der Waals surface area (Å²) in [5.41, 5.74) is 1.13. The summed E-state index contributed by atoms with van der Waals surface area (Å²) in [7, 11) is 0. The van der Waals surface area contributed by atoms with Crippen molar-refractivity contribution < 1.29 is 0 Å². The summed E-state index contributed by atoms with van der Waals surface area (Å²) in [5, 5.41) is 5.96. The van der Waals surface area contributed by atoms with E-state index in [1.54, 1.807) is 6.33 Å². The molecule has 3 nitrogen and oxygen atoms in total. The van der Waals surface area contributed by atoms with Crippen molar-refractivity contribution >= 4 is 32.4 Å². The SMILES string of the molecule is c1ncc2ccc3c4cncc4ccc3c2[nH]1. The van der Waals surface area contributed by atoms with Crippen molar-refractivity contribution in [2.45, 2.75) is 0 Å². The molecule has 0 radical (unpaired) electrons. The number of benzene rings is 2. The Labute approximate surface area is 97.1 Å². The summed E-state index contributed by atoms with van der Waals surface area (Å²) in [6.45, 7) is 0. The van der Waals surface area contributed by atoms with Crippen molar-refractivity contribution in [2.24, 2.45) is 0 Å². The molecule has 4 aromatic rings. The Hall–Kier alpha value is -2.42. The Morgan fingerprint density at radius 3 is 2.53 bits per heavy atom. The van der Waals surface area contributed by atoms with Gasteiger partial charge in [-0.1, -0.05) is 24.3 Å². The van der Waals surface area contributed by atoms with E-state index in [1.165, 1.54) is 21.5 Å². The Morgan fingerprint density at radius 1 is 0.706 bits per heavy atom. The molecule has 1 N–H and O–H groups in total. The van der Waals surface area contributed by atoms with Gasteiger partial charge < -0.3 is 4.98 Å². The Kier molecular flexibility index (Phi) is 1.56. The second-order valence-electron chi connectivity index (χ2n) is 4.15. The molecule has 0 saturated carbocycles. The lowest BCUT2D eigenvalue weighted by molar-refractivity contribution is 1.23. The van der Waals surface area contributed by atoms with Gasteiger partial charge in [0.2, 0.25) is 0 Å². The Balaban J connectivity index is 2.34. The minimum atomic E-state index is 1.12. The highest BCUT2D eigenvalue weighted by atomic mass is 14.8. The molecule has 0 aliphatic rings. The van der Waals surface area contributed by atoms with Crippen LogP contribution in [0.1, 0.15) is 0 Å². The van der Waals surface area contributed by atoms with Crippen molar-refractivity contribution in [1.29, 1.82) is 0 Å². The van der Waals surface area contributed by atoms with E-state index in [0.29, 0.717) is 0 Å². The fourth-order valence-electron chi connectivity index (χ4n) is 2.40. The molecule has 80 valence electrons. The van der Waals surface area contributed by atoms with Gasteiger partial charge in [0.25, 0.3) is 0 Å². The van der Waals surface area contributed by atoms with Gasteiger partial charge >= 0.3 is 0 Å². The third-order valence-corrected chi connectivity index (χ3v) is 3.22. The zero-order valence-corrected chi connectivity index (χ0v) is 9.01. The lowest BCUT2D eigenvalue weighted by Gasteiger charge is -2.04. The van der Waals surface area contributed by atoms with Crippen molar-refractivity contribution in [2.75, 3.05) is 0 Å². The van der Waals surface area contributed by atoms with Gasteiger partial charge in [-0.05, 0) is 5.39 Å². The van der Waals surface area contributed by atoms with E-state index < -0.39 is 0 Å². The van der Waals surface area contributed by atoms with Gasteiger partial charge in [0, 0.05) is 40.1 Å². The van der Waals surface area contributed by atoms with Gasteiger partial charge in [0.05, 0.1) is 11.8 Å². The van der Waals surface area contributed by atoms with Gasteiger partial charge in [0.1, 0.15) is 0 Å². The number of H-pyrrole nitrogens is 1. The molecule has 17 heavy (non-hydrogen) atoms. The monoisotopic (exact) mass is 219 g/mol. The van der Waals surface area contributed by atoms with E-state index in [0.717, 1.165) is 10.9 Å². The van der Waals surface area contributed by atoms with Crippen LogP contribution in [0.4, 0.5) is 0 Å². The number of hydrogen-bond acceptors (Lipinski definition) is 2. The maximum atomic E-state index is 4.21. The van der Waals surface area contributed by atoms with Gasteiger partial charge in [-0.15, -0.1) is 0 Å². The molecular formula is C14H9N3. The summed E-state index contributed by atoms with van der Waals surface area (Å²) < 4.78 is 0. The normalized spacial score (nSPS) is 11.5. The van der Waals surface area contributed by atoms with Crippen LogP contribution in [0.3, 0.4) is 0 Å². The Bertz CT molecular complexity index is 846. The number of nitrogens with zero attached hydrogens (tertiary/aromatic N) is 2. The molecular weight excluding hydrogens is 210 g/mol. The molecule has 0 saturated heterocycles. The van der Waals surface area contributed by atoms with Crippen LogP contribution >= 0.6 is 0 Å². The first kappa shape index (κ1) is 8.70. The molecule has 0 spiro atoms. The summed E-state index contributed by atoms with van der Waals surface area (Å²) >= 11 is 0. The second-order valence-corrected chi connectivity index (χ2v) is 4.15. The minimum absolute atomic E-state index is 1.12. The van der Waals surface area contributed by atoms with Crippen LogP contribution < -0.4 is 0 Å². The largest absolute Gasteiger partial charge is 0.345 e. The molecule has 4 rings (SSSR count). The molecule has 0 aliphatic heterocycles. The quantitative estimate of drug-likeness (QED) is 0.461.